The molecule has 0 radical (unpaired) electrons. The van der Waals surface area contributed by atoms with E-state index in [1.54, 1.807) is 0 Å². The number of hydrogen-bond acceptors (Lipinski definition) is 3. The summed E-state index contributed by atoms with van der Waals surface area (Å²) in [6.07, 6.45) is 1.27. The number of likely N-dealkylation sites (N-methyl/N-ethyl adjacent to an activating group) is 1. The van der Waals surface area contributed by atoms with Crippen molar-refractivity contribution in [2.45, 2.75) is 39.7 Å². The van der Waals surface area contributed by atoms with Crippen LogP contribution in [0.5, 0.6) is 0 Å². The zero-order valence-corrected chi connectivity index (χ0v) is 10.1. The number of hydrogen-bond donors (Lipinski definition) is 2. The maximum atomic E-state index is 11.4. The van der Waals surface area contributed by atoms with Crippen molar-refractivity contribution in [3.63, 3.8) is 0 Å². The molecule has 2 N–H and O–H groups in total. The standard InChI is InChI=1S/C11H24N2O2/c1-4-7-10(14)8-12-11(15)9-13(5-2)6-3/h10,14H,4-9H2,1-3H3,(H,12,15). The van der Waals surface area contributed by atoms with Crippen molar-refractivity contribution in [1.29, 1.82) is 0 Å². The third kappa shape index (κ3) is 7.33. The Kier molecular flexibility index (Phi) is 8.33. The molecule has 0 saturated heterocycles. The lowest BCUT2D eigenvalue weighted by molar-refractivity contribution is -0.122. The van der Waals surface area contributed by atoms with Gasteiger partial charge in [0, 0.05) is 6.54 Å². The SMILES string of the molecule is CCCC(O)CNC(=O)CN(CC)CC. The maximum absolute atomic E-state index is 11.4. The van der Waals surface area contributed by atoms with Crippen molar-refractivity contribution in [2.75, 3.05) is 26.2 Å². The van der Waals surface area contributed by atoms with E-state index >= 15 is 0 Å². The van der Waals surface area contributed by atoms with Crippen LogP contribution in [0.1, 0.15) is 33.6 Å². The van der Waals surface area contributed by atoms with Crippen LogP contribution in [-0.4, -0.2) is 48.2 Å². The fourth-order valence-electron chi connectivity index (χ4n) is 1.37. The minimum absolute atomic E-state index is 0.00569. The number of aliphatic hydroxyl groups excluding tert-OH is 1. The Bertz CT molecular complexity index is 170. The topological polar surface area (TPSA) is 52.6 Å². The summed E-state index contributed by atoms with van der Waals surface area (Å²) in [7, 11) is 0. The summed E-state index contributed by atoms with van der Waals surface area (Å²) in [6, 6.07) is 0. The van der Waals surface area contributed by atoms with Crippen LogP contribution >= 0.6 is 0 Å². The summed E-state index contributed by atoms with van der Waals surface area (Å²) < 4.78 is 0. The van der Waals surface area contributed by atoms with Gasteiger partial charge in [-0.3, -0.25) is 9.69 Å². The van der Waals surface area contributed by atoms with Crippen LogP contribution < -0.4 is 5.32 Å². The summed E-state index contributed by atoms with van der Waals surface area (Å²) in [6.45, 7) is 8.62. The minimum atomic E-state index is -0.407. The predicted molar refractivity (Wildman–Crippen MR) is 61.7 cm³/mol. The first-order chi connectivity index (χ1) is 7.13. The molecule has 0 aliphatic heterocycles. The largest absolute Gasteiger partial charge is 0.391 e. The number of amides is 1. The van der Waals surface area contributed by atoms with Crippen LogP contribution in [0.3, 0.4) is 0 Å². The lowest BCUT2D eigenvalue weighted by Gasteiger charge is -2.18. The molecule has 90 valence electrons. The van der Waals surface area contributed by atoms with E-state index in [9.17, 15) is 9.90 Å². The highest BCUT2D eigenvalue weighted by molar-refractivity contribution is 5.78. The molecule has 0 aliphatic rings. The Morgan fingerprint density at radius 3 is 2.40 bits per heavy atom. The molecular weight excluding hydrogens is 192 g/mol. The van der Waals surface area contributed by atoms with E-state index in [1.807, 2.05) is 25.7 Å². The Labute approximate surface area is 92.7 Å². The fraction of sp³-hybridized carbons (Fsp3) is 0.909. The summed E-state index contributed by atoms with van der Waals surface area (Å²) in [5, 5.41) is 12.2. The number of carbonyl (C=O) groups is 1. The van der Waals surface area contributed by atoms with Gasteiger partial charge in [0.15, 0.2) is 0 Å². The highest BCUT2D eigenvalue weighted by Crippen LogP contribution is 1.94. The Balaban J connectivity index is 3.64. The highest BCUT2D eigenvalue weighted by atomic mass is 16.3. The van der Waals surface area contributed by atoms with E-state index in [0.29, 0.717) is 13.1 Å². The van der Waals surface area contributed by atoms with Crippen LogP contribution in [-0.2, 0) is 4.79 Å². The van der Waals surface area contributed by atoms with Gasteiger partial charge in [0.05, 0.1) is 12.6 Å². The number of nitrogens with one attached hydrogen (secondary N) is 1. The van der Waals surface area contributed by atoms with Crippen molar-refractivity contribution in [2.24, 2.45) is 0 Å². The van der Waals surface area contributed by atoms with E-state index < -0.39 is 6.10 Å². The average molecular weight is 216 g/mol. The molecule has 0 spiro atoms. The highest BCUT2D eigenvalue weighted by Gasteiger charge is 2.08. The van der Waals surface area contributed by atoms with E-state index in [4.69, 9.17) is 0 Å². The zero-order valence-electron chi connectivity index (χ0n) is 10.1. The van der Waals surface area contributed by atoms with Crippen LogP contribution in [0.4, 0.5) is 0 Å². The molecule has 0 bridgehead atoms. The molecular formula is C11H24N2O2. The second kappa shape index (κ2) is 8.68. The summed E-state index contributed by atoms with van der Waals surface area (Å²) in [5.41, 5.74) is 0. The van der Waals surface area contributed by atoms with Gasteiger partial charge in [-0.25, -0.2) is 0 Å². The van der Waals surface area contributed by atoms with Gasteiger partial charge < -0.3 is 10.4 Å². The molecule has 0 aromatic heterocycles. The quantitative estimate of drug-likeness (QED) is 0.625. The van der Waals surface area contributed by atoms with Crippen LogP contribution in [0.2, 0.25) is 0 Å². The predicted octanol–water partition coefficient (Wildman–Crippen LogP) is 0.605. The Morgan fingerprint density at radius 1 is 1.33 bits per heavy atom. The van der Waals surface area contributed by atoms with E-state index in [0.717, 1.165) is 25.9 Å². The molecule has 4 nitrogen and oxygen atoms in total. The Hall–Kier alpha value is -0.610. The number of aliphatic hydroxyl groups is 1. The molecule has 4 heteroatoms. The third-order valence-corrected chi connectivity index (χ3v) is 2.42. The second-order valence-electron chi connectivity index (χ2n) is 3.71. The smallest absolute Gasteiger partial charge is 0.234 e. The molecule has 0 fully saturated rings. The molecule has 0 saturated carbocycles. The van der Waals surface area contributed by atoms with Crippen molar-refractivity contribution in [1.82, 2.24) is 10.2 Å². The van der Waals surface area contributed by atoms with Crippen molar-refractivity contribution < 1.29 is 9.90 Å². The van der Waals surface area contributed by atoms with Gasteiger partial charge in [-0.1, -0.05) is 27.2 Å². The maximum Gasteiger partial charge on any atom is 0.234 e. The van der Waals surface area contributed by atoms with Crippen LogP contribution in [0.25, 0.3) is 0 Å². The second-order valence-corrected chi connectivity index (χ2v) is 3.71. The average Bonchev–Trinajstić information content (AvgIpc) is 2.23. The van der Waals surface area contributed by atoms with Crippen molar-refractivity contribution in [3.8, 4) is 0 Å². The van der Waals surface area contributed by atoms with Gasteiger partial charge in [-0.15, -0.1) is 0 Å². The first kappa shape index (κ1) is 14.4. The molecule has 1 unspecified atom stereocenters. The van der Waals surface area contributed by atoms with Crippen molar-refractivity contribution in [3.05, 3.63) is 0 Å². The molecule has 1 atom stereocenters. The summed E-state index contributed by atoms with van der Waals surface area (Å²) >= 11 is 0. The third-order valence-electron chi connectivity index (χ3n) is 2.42. The minimum Gasteiger partial charge on any atom is -0.391 e. The lowest BCUT2D eigenvalue weighted by atomic mass is 10.2. The van der Waals surface area contributed by atoms with Crippen LogP contribution in [0.15, 0.2) is 0 Å². The Morgan fingerprint density at radius 2 is 1.93 bits per heavy atom. The zero-order chi connectivity index (χ0) is 11.7. The molecule has 1 amide bonds. The molecule has 0 heterocycles. The number of carbonyl (C=O) groups excluding carboxylic acids is 1. The molecule has 0 aromatic carbocycles. The summed E-state index contributed by atoms with van der Waals surface area (Å²) in [4.78, 5) is 13.5. The first-order valence-electron chi connectivity index (χ1n) is 5.81. The van der Waals surface area contributed by atoms with Gasteiger partial charge in [0.2, 0.25) is 5.91 Å². The van der Waals surface area contributed by atoms with Gasteiger partial charge >= 0.3 is 0 Å². The first-order valence-corrected chi connectivity index (χ1v) is 5.81. The van der Waals surface area contributed by atoms with Gasteiger partial charge in [-0.05, 0) is 19.5 Å². The molecule has 0 rings (SSSR count). The monoisotopic (exact) mass is 216 g/mol. The van der Waals surface area contributed by atoms with E-state index in [-0.39, 0.29) is 5.91 Å². The van der Waals surface area contributed by atoms with Gasteiger partial charge in [0.1, 0.15) is 0 Å². The molecule has 0 aliphatic carbocycles. The van der Waals surface area contributed by atoms with Crippen molar-refractivity contribution >= 4 is 5.91 Å². The summed E-state index contributed by atoms with van der Waals surface area (Å²) in [5.74, 6) is -0.00569. The normalized spacial score (nSPS) is 12.9. The lowest BCUT2D eigenvalue weighted by Crippen LogP contribution is -2.40. The fourth-order valence-corrected chi connectivity index (χ4v) is 1.37. The molecule has 15 heavy (non-hydrogen) atoms. The van der Waals surface area contributed by atoms with Gasteiger partial charge in [0.25, 0.3) is 0 Å². The number of rotatable bonds is 8. The molecule has 0 aromatic rings. The van der Waals surface area contributed by atoms with E-state index in [1.165, 1.54) is 0 Å². The van der Waals surface area contributed by atoms with E-state index in [2.05, 4.69) is 5.32 Å². The number of nitrogens with zero attached hydrogens (tertiary/aromatic N) is 1. The van der Waals surface area contributed by atoms with Crippen LogP contribution in [0, 0.1) is 0 Å². The van der Waals surface area contributed by atoms with Gasteiger partial charge in [-0.2, -0.15) is 0 Å².